The first-order chi connectivity index (χ1) is 15.4. The van der Waals surface area contributed by atoms with Crippen LogP contribution in [0.1, 0.15) is 92.6 Å². The average molecular weight is 417 g/mol. The summed E-state index contributed by atoms with van der Waals surface area (Å²) in [7, 11) is 0. The molecular weight excluding hydrogens is 380 g/mol. The largest absolute Gasteiger partial charge is 0.381 e. The van der Waals surface area contributed by atoms with E-state index in [0.29, 0.717) is 5.92 Å². The van der Waals surface area contributed by atoms with Gasteiger partial charge in [-0.05, 0) is 106 Å². The van der Waals surface area contributed by atoms with Gasteiger partial charge in [-0.2, -0.15) is 0 Å². The highest BCUT2D eigenvalue weighted by Crippen LogP contribution is 2.40. The van der Waals surface area contributed by atoms with Crippen LogP contribution in [0.25, 0.3) is 5.57 Å². The zero-order valence-electron chi connectivity index (χ0n) is 18.8. The van der Waals surface area contributed by atoms with Gasteiger partial charge in [0.2, 0.25) is 0 Å². The van der Waals surface area contributed by atoms with Crippen LogP contribution in [-0.4, -0.2) is 23.2 Å². The topological polar surface area (TPSA) is 35.0 Å². The number of hydrogen-bond acceptors (Lipinski definition) is 3. The van der Waals surface area contributed by atoms with Crippen molar-refractivity contribution in [2.75, 3.05) is 13.2 Å². The Balaban J connectivity index is 1.27. The Bertz CT molecular complexity index is 913. The van der Waals surface area contributed by atoms with Crippen LogP contribution in [0, 0.1) is 5.92 Å². The first-order valence-corrected chi connectivity index (χ1v) is 12.5. The Morgan fingerprint density at radius 2 is 1.77 bits per heavy atom. The first kappa shape index (κ1) is 20.9. The van der Waals surface area contributed by atoms with E-state index in [2.05, 4.69) is 35.3 Å². The van der Waals surface area contributed by atoms with Gasteiger partial charge >= 0.3 is 0 Å². The van der Waals surface area contributed by atoms with Crippen LogP contribution in [0.15, 0.2) is 42.2 Å². The van der Waals surface area contributed by atoms with Crippen molar-refractivity contribution >= 4 is 5.57 Å². The standard InChI is InChI=1S/C28H36N2O/c1-2-9-26-22(5-1)6-3-7-23-12-13-24(8-4-10-27(23)26)28-19-25(29-20-30-28)14-11-21-15-17-31-18-16-21/h1-2,5,9,19-21,24H,3-4,6-8,10-18H2. The summed E-state index contributed by atoms with van der Waals surface area (Å²) in [5, 5.41) is 0. The minimum atomic E-state index is 0.581. The summed E-state index contributed by atoms with van der Waals surface area (Å²) in [4.78, 5) is 9.35. The van der Waals surface area contributed by atoms with E-state index in [1.165, 1.54) is 82.0 Å². The molecular formula is C28H36N2O. The molecule has 0 bridgehead atoms. The van der Waals surface area contributed by atoms with Crippen LogP contribution in [0.5, 0.6) is 0 Å². The Hall–Kier alpha value is -2.00. The number of hydrogen-bond donors (Lipinski definition) is 0. The molecule has 5 rings (SSSR count). The second kappa shape index (κ2) is 10.1. The van der Waals surface area contributed by atoms with Crippen LogP contribution in [0.3, 0.4) is 0 Å². The lowest BCUT2D eigenvalue weighted by molar-refractivity contribution is 0.0639. The maximum Gasteiger partial charge on any atom is 0.115 e. The maximum absolute atomic E-state index is 5.51. The average Bonchev–Trinajstić information content (AvgIpc) is 2.97. The summed E-state index contributed by atoms with van der Waals surface area (Å²) in [6.07, 6.45) is 16.6. The third-order valence-corrected chi connectivity index (χ3v) is 7.78. The molecule has 31 heavy (non-hydrogen) atoms. The molecule has 0 N–H and O–H groups in total. The van der Waals surface area contributed by atoms with Gasteiger partial charge in [0.15, 0.2) is 0 Å². The molecule has 1 aromatic heterocycles. The molecule has 164 valence electrons. The number of aryl methyl sites for hydroxylation is 2. The Kier molecular flexibility index (Phi) is 6.79. The van der Waals surface area contributed by atoms with Gasteiger partial charge in [-0.15, -0.1) is 0 Å². The van der Waals surface area contributed by atoms with Gasteiger partial charge in [0, 0.05) is 30.5 Å². The van der Waals surface area contributed by atoms with Crippen molar-refractivity contribution in [2.45, 2.75) is 83.0 Å². The fraction of sp³-hybridized carbons (Fsp3) is 0.571. The SMILES string of the molecule is c1ccc2c(c1)CCCC1=C2CCCC(c2cc(CCC3CCOCC3)ncn2)CC1. The van der Waals surface area contributed by atoms with E-state index >= 15 is 0 Å². The van der Waals surface area contributed by atoms with Gasteiger partial charge in [-0.25, -0.2) is 9.97 Å². The molecule has 1 unspecified atom stereocenters. The molecule has 1 aliphatic heterocycles. The summed E-state index contributed by atoms with van der Waals surface area (Å²) >= 11 is 0. The number of ether oxygens (including phenoxy) is 1. The lowest BCUT2D eigenvalue weighted by Gasteiger charge is -2.24. The highest BCUT2D eigenvalue weighted by Gasteiger charge is 2.23. The molecule has 0 spiro atoms. The van der Waals surface area contributed by atoms with E-state index < -0.39 is 0 Å². The Morgan fingerprint density at radius 1 is 0.871 bits per heavy atom. The number of rotatable bonds is 4. The zero-order valence-corrected chi connectivity index (χ0v) is 18.8. The van der Waals surface area contributed by atoms with E-state index in [0.717, 1.165) is 25.6 Å². The van der Waals surface area contributed by atoms with Crippen LogP contribution >= 0.6 is 0 Å². The van der Waals surface area contributed by atoms with Gasteiger partial charge < -0.3 is 4.74 Å². The zero-order chi connectivity index (χ0) is 20.9. The molecule has 3 heteroatoms. The predicted octanol–water partition coefficient (Wildman–Crippen LogP) is 6.67. The van der Waals surface area contributed by atoms with Crippen molar-refractivity contribution in [3.05, 3.63) is 64.7 Å². The Labute approximate surface area is 187 Å². The van der Waals surface area contributed by atoms with Gasteiger partial charge in [0.05, 0.1) is 0 Å². The van der Waals surface area contributed by atoms with Crippen LogP contribution in [0.2, 0.25) is 0 Å². The van der Waals surface area contributed by atoms with Crippen LogP contribution in [-0.2, 0) is 17.6 Å². The maximum atomic E-state index is 5.51. The monoisotopic (exact) mass is 416 g/mol. The van der Waals surface area contributed by atoms with Crippen molar-refractivity contribution in [3.8, 4) is 0 Å². The number of nitrogens with zero attached hydrogens (tertiary/aromatic N) is 2. The lowest BCUT2D eigenvalue weighted by atomic mass is 9.82. The molecule has 0 radical (unpaired) electrons. The molecule has 1 fully saturated rings. The summed E-state index contributed by atoms with van der Waals surface area (Å²) in [5.74, 6) is 1.38. The van der Waals surface area contributed by atoms with E-state index in [1.807, 2.05) is 6.33 Å². The van der Waals surface area contributed by atoms with Gasteiger partial charge in [0.1, 0.15) is 6.33 Å². The number of benzene rings is 1. The quantitative estimate of drug-likeness (QED) is 0.558. The molecule has 1 saturated heterocycles. The fourth-order valence-electron chi connectivity index (χ4n) is 5.93. The number of fused-ring (bicyclic) bond motifs is 2. The first-order valence-electron chi connectivity index (χ1n) is 12.5. The van der Waals surface area contributed by atoms with Gasteiger partial charge in [-0.1, -0.05) is 29.8 Å². The summed E-state index contributed by atoms with van der Waals surface area (Å²) < 4.78 is 5.51. The normalized spacial score (nSPS) is 22.8. The molecule has 0 amide bonds. The molecule has 3 aliphatic rings. The van der Waals surface area contributed by atoms with E-state index in [1.54, 1.807) is 22.3 Å². The Morgan fingerprint density at radius 3 is 2.71 bits per heavy atom. The van der Waals surface area contributed by atoms with E-state index in [9.17, 15) is 0 Å². The predicted molar refractivity (Wildman–Crippen MR) is 126 cm³/mol. The van der Waals surface area contributed by atoms with E-state index in [-0.39, 0.29) is 0 Å². The molecule has 2 aromatic rings. The van der Waals surface area contributed by atoms with Gasteiger partial charge in [0.25, 0.3) is 0 Å². The van der Waals surface area contributed by atoms with Crippen LogP contribution in [0.4, 0.5) is 0 Å². The van der Waals surface area contributed by atoms with Crippen molar-refractivity contribution < 1.29 is 4.74 Å². The minimum Gasteiger partial charge on any atom is -0.381 e. The molecule has 3 nitrogen and oxygen atoms in total. The third-order valence-electron chi connectivity index (χ3n) is 7.78. The molecule has 1 atom stereocenters. The molecule has 0 saturated carbocycles. The van der Waals surface area contributed by atoms with Crippen molar-refractivity contribution in [1.29, 1.82) is 0 Å². The second-order valence-electron chi connectivity index (χ2n) is 9.75. The van der Waals surface area contributed by atoms with Gasteiger partial charge in [-0.3, -0.25) is 0 Å². The minimum absolute atomic E-state index is 0.581. The summed E-state index contributed by atoms with van der Waals surface area (Å²) in [6, 6.07) is 11.5. The second-order valence-corrected chi connectivity index (χ2v) is 9.75. The highest BCUT2D eigenvalue weighted by molar-refractivity contribution is 5.72. The highest BCUT2D eigenvalue weighted by atomic mass is 16.5. The smallest absolute Gasteiger partial charge is 0.115 e. The summed E-state index contributed by atoms with van der Waals surface area (Å²) in [5.41, 5.74) is 9.03. The lowest BCUT2D eigenvalue weighted by Crippen LogP contribution is -2.16. The third kappa shape index (κ3) is 5.09. The molecule has 2 heterocycles. The summed E-state index contributed by atoms with van der Waals surface area (Å²) in [6.45, 7) is 1.87. The number of allylic oxidation sites excluding steroid dienone is 2. The molecule has 1 aromatic carbocycles. The van der Waals surface area contributed by atoms with E-state index in [4.69, 9.17) is 9.72 Å². The fourth-order valence-corrected chi connectivity index (χ4v) is 5.93. The van der Waals surface area contributed by atoms with Crippen molar-refractivity contribution in [2.24, 2.45) is 5.92 Å². The van der Waals surface area contributed by atoms with Crippen molar-refractivity contribution in [1.82, 2.24) is 9.97 Å². The van der Waals surface area contributed by atoms with Crippen molar-refractivity contribution in [3.63, 3.8) is 0 Å². The molecule has 2 aliphatic carbocycles. The number of aromatic nitrogens is 2. The van der Waals surface area contributed by atoms with Crippen LogP contribution < -0.4 is 0 Å².